The molecule has 0 aromatic carbocycles. The van der Waals surface area contributed by atoms with E-state index in [0.29, 0.717) is 6.42 Å². The van der Waals surface area contributed by atoms with Crippen LogP contribution in [0.1, 0.15) is 226 Å². The van der Waals surface area contributed by atoms with Crippen molar-refractivity contribution in [2.75, 3.05) is 19.8 Å². The molecule has 10 nitrogen and oxygen atoms in total. The van der Waals surface area contributed by atoms with Gasteiger partial charge in [-0.1, -0.05) is 187 Å². The second-order valence-corrected chi connectivity index (χ2v) is 16.9. The van der Waals surface area contributed by atoms with Crippen LogP contribution in [0.4, 0.5) is 0 Å². The number of rotatable bonds is 41. The van der Waals surface area contributed by atoms with E-state index in [1.54, 1.807) is 0 Å². The molecule has 4 N–H and O–H groups in total. The third kappa shape index (κ3) is 30.5. The minimum absolute atomic E-state index is 0.212. The summed E-state index contributed by atoms with van der Waals surface area (Å²) in [7, 11) is 0. The quantitative estimate of drug-likeness (QED) is 0.0266. The Morgan fingerprint density at radius 3 is 1.34 bits per heavy atom. The van der Waals surface area contributed by atoms with E-state index in [2.05, 4.69) is 26.0 Å². The Morgan fingerprint density at radius 2 is 0.914 bits per heavy atom. The van der Waals surface area contributed by atoms with Crippen LogP contribution >= 0.6 is 0 Å². The van der Waals surface area contributed by atoms with Crippen LogP contribution in [0.25, 0.3) is 0 Å². The van der Waals surface area contributed by atoms with Crippen molar-refractivity contribution < 1.29 is 49.0 Å². The fourth-order valence-electron chi connectivity index (χ4n) is 7.54. The Kier molecular flexibility index (Phi) is 37.2. The van der Waals surface area contributed by atoms with Gasteiger partial charge in [-0.15, -0.1) is 0 Å². The summed E-state index contributed by atoms with van der Waals surface area (Å²) in [6.07, 6.45) is 35.2. The second kappa shape index (κ2) is 39.6. The van der Waals surface area contributed by atoms with Gasteiger partial charge in [0, 0.05) is 12.8 Å². The Balaban J connectivity index is 2.22. The maximum atomic E-state index is 12.8. The third-order valence-electron chi connectivity index (χ3n) is 11.4. The SMILES string of the molecule is CCCCCCCCCC/C=C\CCCCCCCCCCCCCC(=O)OC(COC(=O)CCCCCCCCCCCC)COC1OC(CO)C(O)C(O)C1O. The van der Waals surface area contributed by atoms with Gasteiger partial charge < -0.3 is 39.4 Å². The minimum atomic E-state index is -1.59. The van der Waals surface area contributed by atoms with Crippen molar-refractivity contribution in [1.29, 1.82) is 0 Å². The lowest BCUT2D eigenvalue weighted by Gasteiger charge is -2.39. The summed E-state index contributed by atoms with van der Waals surface area (Å²) >= 11 is 0. The molecule has 0 aromatic heterocycles. The van der Waals surface area contributed by atoms with Gasteiger partial charge in [-0.05, 0) is 38.5 Å². The van der Waals surface area contributed by atoms with Crippen LogP contribution in [0, 0.1) is 0 Å². The van der Waals surface area contributed by atoms with Crippen LogP contribution in [0.15, 0.2) is 12.2 Å². The molecule has 1 fully saturated rings. The van der Waals surface area contributed by atoms with E-state index in [0.717, 1.165) is 38.5 Å². The number of ether oxygens (including phenoxy) is 4. The van der Waals surface area contributed by atoms with Crippen LogP contribution < -0.4 is 0 Å². The van der Waals surface area contributed by atoms with E-state index in [9.17, 15) is 30.0 Å². The monoisotopic (exact) mass is 827 g/mol. The molecule has 0 bridgehead atoms. The highest BCUT2D eigenvalue weighted by Crippen LogP contribution is 2.23. The van der Waals surface area contributed by atoms with Gasteiger partial charge in [-0.25, -0.2) is 0 Å². The summed E-state index contributed by atoms with van der Waals surface area (Å²) in [5, 5.41) is 40.1. The van der Waals surface area contributed by atoms with Gasteiger partial charge in [0.25, 0.3) is 0 Å². The molecular weight excluding hydrogens is 737 g/mol. The summed E-state index contributed by atoms with van der Waals surface area (Å²) in [5.41, 5.74) is 0. The molecule has 0 aliphatic carbocycles. The van der Waals surface area contributed by atoms with Crippen molar-refractivity contribution in [1.82, 2.24) is 0 Å². The van der Waals surface area contributed by atoms with Crippen molar-refractivity contribution in [2.24, 2.45) is 0 Å². The second-order valence-electron chi connectivity index (χ2n) is 16.9. The van der Waals surface area contributed by atoms with Crippen LogP contribution in [0.5, 0.6) is 0 Å². The van der Waals surface area contributed by atoms with Gasteiger partial charge in [0.15, 0.2) is 12.4 Å². The molecule has 6 unspecified atom stereocenters. The summed E-state index contributed by atoms with van der Waals surface area (Å²) in [6, 6.07) is 0. The van der Waals surface area contributed by atoms with E-state index in [4.69, 9.17) is 18.9 Å². The molecule has 0 amide bonds. The highest BCUT2D eigenvalue weighted by molar-refractivity contribution is 5.70. The molecule has 6 atom stereocenters. The zero-order valence-electron chi connectivity index (χ0n) is 37.3. The first-order chi connectivity index (χ1) is 28.3. The number of aliphatic hydroxyl groups is 4. The molecule has 0 aromatic rings. The average Bonchev–Trinajstić information content (AvgIpc) is 3.22. The predicted octanol–water partition coefficient (Wildman–Crippen LogP) is 10.7. The molecule has 0 spiro atoms. The summed E-state index contributed by atoms with van der Waals surface area (Å²) in [5.74, 6) is -0.798. The number of esters is 2. The lowest BCUT2D eigenvalue weighted by Crippen LogP contribution is -2.59. The largest absolute Gasteiger partial charge is 0.462 e. The molecule has 1 aliphatic heterocycles. The molecule has 1 rings (SSSR count). The first-order valence-corrected chi connectivity index (χ1v) is 24.3. The number of carbonyl (C=O) groups is 2. The normalized spacial score (nSPS) is 20.1. The zero-order valence-corrected chi connectivity index (χ0v) is 37.3. The average molecular weight is 827 g/mol. The lowest BCUT2D eigenvalue weighted by molar-refractivity contribution is -0.305. The predicted molar refractivity (Wildman–Crippen MR) is 233 cm³/mol. The molecule has 1 heterocycles. The summed E-state index contributed by atoms with van der Waals surface area (Å²) < 4.78 is 22.2. The number of hydrogen-bond acceptors (Lipinski definition) is 10. The molecule has 10 heteroatoms. The Bertz CT molecular complexity index is 959. The maximum Gasteiger partial charge on any atom is 0.306 e. The first-order valence-electron chi connectivity index (χ1n) is 24.3. The Morgan fingerprint density at radius 1 is 0.517 bits per heavy atom. The van der Waals surface area contributed by atoms with E-state index < -0.39 is 49.4 Å². The van der Waals surface area contributed by atoms with Gasteiger partial charge >= 0.3 is 11.9 Å². The maximum absolute atomic E-state index is 12.8. The smallest absolute Gasteiger partial charge is 0.306 e. The van der Waals surface area contributed by atoms with Crippen molar-refractivity contribution in [2.45, 2.75) is 263 Å². The van der Waals surface area contributed by atoms with Gasteiger partial charge in [0.05, 0.1) is 13.2 Å². The number of allylic oxidation sites excluding steroid dienone is 2. The van der Waals surface area contributed by atoms with Crippen LogP contribution in [-0.4, -0.2) is 89.0 Å². The van der Waals surface area contributed by atoms with E-state index in [-0.39, 0.29) is 32.0 Å². The van der Waals surface area contributed by atoms with Crippen molar-refractivity contribution in [3.8, 4) is 0 Å². The summed E-state index contributed by atoms with van der Waals surface area (Å²) in [6.45, 7) is 3.43. The lowest BCUT2D eigenvalue weighted by atomic mass is 9.99. The molecule has 342 valence electrons. The van der Waals surface area contributed by atoms with Gasteiger partial charge in [-0.2, -0.15) is 0 Å². The van der Waals surface area contributed by atoms with Crippen molar-refractivity contribution >= 4 is 11.9 Å². The Labute approximate surface area is 354 Å². The van der Waals surface area contributed by atoms with Gasteiger partial charge in [0.2, 0.25) is 0 Å². The zero-order chi connectivity index (χ0) is 42.3. The molecular formula is C48H90O10. The van der Waals surface area contributed by atoms with Gasteiger partial charge in [-0.3, -0.25) is 9.59 Å². The highest BCUT2D eigenvalue weighted by atomic mass is 16.7. The molecule has 1 aliphatic rings. The van der Waals surface area contributed by atoms with E-state index in [1.807, 2.05) is 0 Å². The van der Waals surface area contributed by atoms with Crippen LogP contribution in [0.2, 0.25) is 0 Å². The Hall–Kier alpha value is -1.56. The number of aliphatic hydroxyl groups excluding tert-OH is 4. The fourth-order valence-corrected chi connectivity index (χ4v) is 7.54. The van der Waals surface area contributed by atoms with Crippen molar-refractivity contribution in [3.05, 3.63) is 12.2 Å². The molecule has 0 radical (unpaired) electrons. The first kappa shape index (κ1) is 54.5. The van der Waals surface area contributed by atoms with Crippen LogP contribution in [-0.2, 0) is 28.5 Å². The number of hydrogen-bond donors (Lipinski definition) is 4. The van der Waals surface area contributed by atoms with E-state index >= 15 is 0 Å². The van der Waals surface area contributed by atoms with Crippen LogP contribution in [0.3, 0.4) is 0 Å². The summed E-state index contributed by atoms with van der Waals surface area (Å²) in [4.78, 5) is 25.3. The topological polar surface area (TPSA) is 152 Å². The minimum Gasteiger partial charge on any atom is -0.462 e. The number of carbonyl (C=O) groups excluding carboxylic acids is 2. The van der Waals surface area contributed by atoms with Crippen molar-refractivity contribution in [3.63, 3.8) is 0 Å². The third-order valence-corrected chi connectivity index (χ3v) is 11.4. The van der Waals surface area contributed by atoms with Gasteiger partial charge in [0.1, 0.15) is 31.0 Å². The number of unbranched alkanes of at least 4 members (excludes halogenated alkanes) is 28. The standard InChI is InChI=1S/C48H90O10/c1-3-5-7-9-11-13-15-16-17-18-19-20-21-22-23-24-25-26-27-29-31-33-35-37-44(51)57-41(40-56-48-47(54)46(53)45(52)42(38-49)58-48)39-55-43(50)36-34-32-30-28-14-12-10-8-6-4-2/h18-19,41-42,45-49,52-54H,3-17,20-40H2,1-2H3/b19-18-. The fraction of sp³-hybridized carbons (Fsp3) is 0.917. The molecule has 0 saturated carbocycles. The van der Waals surface area contributed by atoms with E-state index in [1.165, 1.54) is 154 Å². The molecule has 1 saturated heterocycles. The molecule has 58 heavy (non-hydrogen) atoms. The highest BCUT2D eigenvalue weighted by Gasteiger charge is 2.44.